The van der Waals surface area contributed by atoms with Crippen molar-refractivity contribution in [2.75, 3.05) is 5.75 Å². The molecule has 1 fully saturated rings. The van der Waals surface area contributed by atoms with Gasteiger partial charge in [0.1, 0.15) is 5.76 Å². The summed E-state index contributed by atoms with van der Waals surface area (Å²) in [5.74, 6) is 2.80. The van der Waals surface area contributed by atoms with E-state index in [1.807, 2.05) is 37.5 Å². The van der Waals surface area contributed by atoms with E-state index < -0.39 is 0 Å². The maximum absolute atomic E-state index is 12.8. The summed E-state index contributed by atoms with van der Waals surface area (Å²) in [6, 6.07) is 3.75. The minimum absolute atomic E-state index is 0.0296. The van der Waals surface area contributed by atoms with Gasteiger partial charge in [-0.1, -0.05) is 36.2 Å². The molecule has 8 heteroatoms. The van der Waals surface area contributed by atoms with Crippen LogP contribution >= 0.6 is 11.8 Å². The van der Waals surface area contributed by atoms with E-state index in [-0.39, 0.29) is 11.5 Å². The lowest BCUT2D eigenvalue weighted by Gasteiger charge is -2.17. The van der Waals surface area contributed by atoms with Crippen molar-refractivity contribution in [2.45, 2.75) is 64.0 Å². The quantitative estimate of drug-likeness (QED) is 0.434. The van der Waals surface area contributed by atoms with E-state index in [0.29, 0.717) is 28.4 Å². The summed E-state index contributed by atoms with van der Waals surface area (Å²) in [5, 5.41) is 12.8. The number of nitrogens with zero attached hydrogens (tertiary/aromatic N) is 4. The number of thioether (sulfide) groups is 1. The van der Waals surface area contributed by atoms with Crippen LogP contribution in [-0.2, 0) is 0 Å². The SMILES string of the molecule is Cc1cc(-n2c(C)cc(C(=O)CSc3nnc(C4CCCCC4)o3)c2C)no1. The lowest BCUT2D eigenvalue weighted by molar-refractivity contribution is 0.102. The topological polar surface area (TPSA) is 87.0 Å². The van der Waals surface area contributed by atoms with Crippen LogP contribution in [0.5, 0.6) is 0 Å². The Morgan fingerprint density at radius 1 is 1.18 bits per heavy atom. The Kier molecular flexibility index (Phi) is 5.39. The van der Waals surface area contributed by atoms with Crippen molar-refractivity contribution < 1.29 is 13.7 Å². The Bertz CT molecular complexity index is 982. The van der Waals surface area contributed by atoms with Gasteiger partial charge in [-0.3, -0.25) is 9.36 Å². The molecule has 0 N–H and O–H groups in total. The van der Waals surface area contributed by atoms with Crippen LogP contribution in [0.1, 0.15) is 71.4 Å². The number of rotatable bonds is 6. The zero-order valence-corrected chi connectivity index (χ0v) is 17.2. The molecule has 1 aliphatic rings. The molecule has 3 aromatic heterocycles. The molecule has 4 rings (SSSR count). The van der Waals surface area contributed by atoms with Crippen molar-refractivity contribution in [2.24, 2.45) is 0 Å². The highest BCUT2D eigenvalue weighted by Crippen LogP contribution is 2.33. The fourth-order valence-electron chi connectivity index (χ4n) is 3.85. The Hall–Kier alpha value is -2.35. The first-order chi connectivity index (χ1) is 13.5. The summed E-state index contributed by atoms with van der Waals surface area (Å²) in [6.07, 6.45) is 5.94. The van der Waals surface area contributed by atoms with Crippen LogP contribution in [0.4, 0.5) is 0 Å². The molecule has 7 nitrogen and oxygen atoms in total. The molecular weight excluding hydrogens is 376 g/mol. The summed E-state index contributed by atoms with van der Waals surface area (Å²) in [4.78, 5) is 12.8. The Morgan fingerprint density at radius 3 is 2.68 bits per heavy atom. The van der Waals surface area contributed by atoms with Gasteiger partial charge in [-0.05, 0) is 39.7 Å². The first kappa shape index (κ1) is 19.0. The smallest absolute Gasteiger partial charge is 0.277 e. The third-order valence-corrected chi connectivity index (χ3v) is 6.10. The average molecular weight is 401 g/mol. The van der Waals surface area contributed by atoms with Gasteiger partial charge in [0, 0.05) is 28.9 Å². The number of hydrogen-bond acceptors (Lipinski definition) is 7. The van der Waals surface area contributed by atoms with Crippen molar-refractivity contribution in [1.82, 2.24) is 19.9 Å². The molecule has 0 bridgehead atoms. The number of aryl methyl sites for hydroxylation is 2. The highest BCUT2D eigenvalue weighted by atomic mass is 32.2. The lowest BCUT2D eigenvalue weighted by atomic mass is 9.89. The first-order valence-electron chi connectivity index (χ1n) is 9.65. The minimum Gasteiger partial charge on any atom is -0.416 e. The van der Waals surface area contributed by atoms with Gasteiger partial charge in [0.15, 0.2) is 11.6 Å². The Labute approximate surface area is 167 Å². The van der Waals surface area contributed by atoms with E-state index >= 15 is 0 Å². The normalized spacial score (nSPS) is 15.2. The van der Waals surface area contributed by atoms with Crippen LogP contribution in [0.15, 0.2) is 26.3 Å². The van der Waals surface area contributed by atoms with Crippen LogP contribution in [0.2, 0.25) is 0 Å². The zero-order chi connectivity index (χ0) is 19.7. The summed E-state index contributed by atoms with van der Waals surface area (Å²) in [7, 11) is 0. The maximum atomic E-state index is 12.8. The van der Waals surface area contributed by atoms with Gasteiger partial charge in [0.25, 0.3) is 5.22 Å². The molecule has 148 valence electrons. The number of carbonyl (C=O) groups is 1. The Balaban J connectivity index is 1.44. The van der Waals surface area contributed by atoms with Gasteiger partial charge in [-0.25, -0.2) is 0 Å². The molecule has 3 aromatic rings. The minimum atomic E-state index is 0.0296. The van der Waals surface area contributed by atoms with E-state index in [4.69, 9.17) is 8.94 Å². The third kappa shape index (κ3) is 3.78. The zero-order valence-electron chi connectivity index (χ0n) is 16.4. The molecule has 1 aliphatic carbocycles. The summed E-state index contributed by atoms with van der Waals surface area (Å²) in [6.45, 7) is 5.72. The number of hydrogen-bond donors (Lipinski definition) is 0. The molecule has 0 unspecified atom stereocenters. The second-order valence-electron chi connectivity index (χ2n) is 7.37. The van der Waals surface area contributed by atoms with E-state index in [0.717, 1.165) is 30.0 Å². The molecule has 0 amide bonds. The maximum Gasteiger partial charge on any atom is 0.277 e. The fraction of sp³-hybridized carbons (Fsp3) is 0.500. The average Bonchev–Trinajstić information content (AvgIpc) is 3.40. The van der Waals surface area contributed by atoms with Crippen molar-refractivity contribution in [3.63, 3.8) is 0 Å². The summed E-state index contributed by atoms with van der Waals surface area (Å²) in [5.41, 5.74) is 2.47. The largest absolute Gasteiger partial charge is 0.416 e. The molecule has 0 aromatic carbocycles. The monoisotopic (exact) mass is 400 g/mol. The standard InChI is InChI=1S/C20H24N4O3S/c1-12-9-16(14(3)24(12)18-10-13(2)27-23-18)17(25)11-28-20-22-21-19(26-20)15-7-5-4-6-8-15/h9-10,15H,4-8,11H2,1-3H3. The number of aromatic nitrogens is 4. The highest BCUT2D eigenvalue weighted by Gasteiger charge is 2.23. The van der Waals surface area contributed by atoms with Gasteiger partial charge in [0.2, 0.25) is 5.89 Å². The number of carbonyl (C=O) groups excluding carboxylic acids is 1. The van der Waals surface area contributed by atoms with Gasteiger partial charge in [0.05, 0.1) is 5.75 Å². The number of ketones is 1. The van der Waals surface area contributed by atoms with Crippen LogP contribution in [0.25, 0.3) is 5.82 Å². The molecule has 1 saturated carbocycles. The first-order valence-corrected chi connectivity index (χ1v) is 10.6. The summed E-state index contributed by atoms with van der Waals surface area (Å²) < 4.78 is 12.9. The van der Waals surface area contributed by atoms with Gasteiger partial charge >= 0.3 is 0 Å². The third-order valence-electron chi connectivity index (χ3n) is 5.28. The summed E-state index contributed by atoms with van der Waals surface area (Å²) >= 11 is 1.30. The molecule has 0 aliphatic heterocycles. The van der Waals surface area contributed by atoms with Crippen molar-refractivity contribution in [3.05, 3.63) is 40.7 Å². The van der Waals surface area contributed by atoms with E-state index in [1.54, 1.807) is 0 Å². The van der Waals surface area contributed by atoms with Crippen LogP contribution in [0.3, 0.4) is 0 Å². The molecule has 0 radical (unpaired) electrons. The molecule has 3 heterocycles. The van der Waals surface area contributed by atoms with Gasteiger partial charge < -0.3 is 8.94 Å². The van der Waals surface area contributed by atoms with Crippen molar-refractivity contribution >= 4 is 17.5 Å². The predicted molar refractivity (Wildman–Crippen MR) is 105 cm³/mol. The molecule has 0 spiro atoms. The van der Waals surface area contributed by atoms with Gasteiger partial charge in [-0.2, -0.15) is 0 Å². The van der Waals surface area contributed by atoms with Crippen molar-refractivity contribution in [3.8, 4) is 5.82 Å². The molecule has 28 heavy (non-hydrogen) atoms. The second kappa shape index (κ2) is 7.95. The Morgan fingerprint density at radius 2 is 1.96 bits per heavy atom. The van der Waals surface area contributed by atoms with Crippen LogP contribution < -0.4 is 0 Å². The molecule has 0 saturated heterocycles. The fourth-order valence-corrected chi connectivity index (χ4v) is 4.51. The van der Waals surface area contributed by atoms with Crippen molar-refractivity contribution in [1.29, 1.82) is 0 Å². The molecular formula is C20H24N4O3S. The van der Waals surface area contributed by atoms with Gasteiger partial charge in [-0.15, -0.1) is 10.2 Å². The van der Waals surface area contributed by atoms with E-state index in [1.165, 1.54) is 31.0 Å². The van der Waals surface area contributed by atoms with Crippen LogP contribution in [-0.4, -0.2) is 31.5 Å². The van der Waals surface area contributed by atoms with E-state index in [9.17, 15) is 4.79 Å². The molecule has 0 atom stereocenters. The van der Waals surface area contributed by atoms with Crippen LogP contribution in [0, 0.1) is 20.8 Å². The predicted octanol–water partition coefficient (Wildman–Crippen LogP) is 4.80. The second-order valence-corrected chi connectivity index (χ2v) is 8.30. The lowest BCUT2D eigenvalue weighted by Crippen LogP contribution is -2.05. The van der Waals surface area contributed by atoms with E-state index in [2.05, 4.69) is 15.4 Å². The highest BCUT2D eigenvalue weighted by molar-refractivity contribution is 7.99. The number of Topliss-reactive ketones (excluding diaryl/α,β-unsaturated/α-hetero) is 1.